The van der Waals surface area contributed by atoms with Crippen LogP contribution in [0.1, 0.15) is 39.5 Å². The predicted octanol–water partition coefficient (Wildman–Crippen LogP) is 3.92. The van der Waals surface area contributed by atoms with E-state index in [1.165, 1.54) is 21.6 Å². The lowest BCUT2D eigenvalue weighted by Crippen LogP contribution is -2.17. The van der Waals surface area contributed by atoms with Gasteiger partial charge in [-0.1, -0.05) is 18.2 Å². The summed E-state index contributed by atoms with van der Waals surface area (Å²) in [5.41, 5.74) is 4.03. The Labute approximate surface area is 113 Å². The highest BCUT2D eigenvalue weighted by Gasteiger charge is 2.08. The monoisotopic (exact) mass is 260 g/mol. The van der Waals surface area contributed by atoms with Crippen molar-refractivity contribution in [3.05, 3.63) is 51.0 Å². The summed E-state index contributed by atoms with van der Waals surface area (Å²) in [5.74, 6) is 0. The van der Waals surface area contributed by atoms with Crippen LogP contribution < -0.4 is 5.32 Å². The second kappa shape index (κ2) is 5.63. The van der Waals surface area contributed by atoms with Crippen molar-refractivity contribution in [2.75, 3.05) is 0 Å². The zero-order valence-corrected chi connectivity index (χ0v) is 12.3. The highest BCUT2D eigenvalue weighted by atomic mass is 32.1. The minimum absolute atomic E-state index is 0.310. The second-order valence-electron chi connectivity index (χ2n) is 4.83. The molecular formula is C15H20N2S. The molecule has 0 bridgehead atoms. The average molecular weight is 260 g/mol. The molecule has 1 aromatic carbocycles. The summed E-state index contributed by atoms with van der Waals surface area (Å²) >= 11 is 1.76. The molecule has 2 rings (SSSR count). The van der Waals surface area contributed by atoms with Gasteiger partial charge in [-0.15, -0.1) is 11.3 Å². The van der Waals surface area contributed by atoms with Gasteiger partial charge in [-0.2, -0.15) is 0 Å². The van der Waals surface area contributed by atoms with Gasteiger partial charge < -0.3 is 5.32 Å². The lowest BCUT2D eigenvalue weighted by Gasteiger charge is -2.12. The van der Waals surface area contributed by atoms with Gasteiger partial charge in [0, 0.05) is 17.6 Å². The fourth-order valence-corrected chi connectivity index (χ4v) is 2.64. The van der Waals surface area contributed by atoms with Crippen molar-refractivity contribution in [1.29, 1.82) is 0 Å². The van der Waals surface area contributed by atoms with Crippen LogP contribution in [-0.2, 0) is 6.54 Å². The van der Waals surface area contributed by atoms with E-state index in [2.05, 4.69) is 56.2 Å². The zero-order valence-electron chi connectivity index (χ0n) is 11.4. The molecule has 0 radical (unpaired) electrons. The van der Waals surface area contributed by atoms with Gasteiger partial charge in [0.15, 0.2) is 0 Å². The number of hydrogen-bond donors (Lipinski definition) is 1. The maximum absolute atomic E-state index is 4.42. The van der Waals surface area contributed by atoms with Gasteiger partial charge in [0.1, 0.15) is 5.01 Å². The van der Waals surface area contributed by atoms with E-state index in [1.807, 2.05) is 6.20 Å². The minimum atomic E-state index is 0.310. The van der Waals surface area contributed by atoms with Gasteiger partial charge in [0.2, 0.25) is 0 Å². The normalized spacial score (nSPS) is 12.7. The quantitative estimate of drug-likeness (QED) is 0.901. The molecule has 96 valence electrons. The van der Waals surface area contributed by atoms with Crippen molar-refractivity contribution < 1.29 is 0 Å². The largest absolute Gasteiger partial charge is 0.304 e. The molecule has 0 aliphatic carbocycles. The number of hydrogen-bond acceptors (Lipinski definition) is 3. The van der Waals surface area contributed by atoms with Crippen molar-refractivity contribution in [2.24, 2.45) is 0 Å². The summed E-state index contributed by atoms with van der Waals surface area (Å²) in [6, 6.07) is 6.94. The van der Waals surface area contributed by atoms with Gasteiger partial charge >= 0.3 is 0 Å². The van der Waals surface area contributed by atoms with Crippen LogP contribution in [0.5, 0.6) is 0 Å². The number of nitrogens with zero attached hydrogens (tertiary/aromatic N) is 1. The van der Waals surface area contributed by atoms with Crippen LogP contribution in [0.25, 0.3) is 0 Å². The Kier molecular flexibility index (Phi) is 4.15. The van der Waals surface area contributed by atoms with E-state index in [1.54, 1.807) is 11.3 Å². The van der Waals surface area contributed by atoms with E-state index < -0.39 is 0 Å². The van der Waals surface area contributed by atoms with Crippen LogP contribution >= 0.6 is 11.3 Å². The highest BCUT2D eigenvalue weighted by molar-refractivity contribution is 7.11. The Morgan fingerprint density at radius 1 is 1.22 bits per heavy atom. The molecule has 2 aromatic rings. The standard InChI is InChI=1S/C15H20N2S/c1-10-5-6-14(7-11(10)2)9-16-13(4)15-17-8-12(3)18-15/h5-8,13,16H,9H2,1-4H3. The maximum Gasteiger partial charge on any atom is 0.109 e. The summed E-state index contributed by atoms with van der Waals surface area (Å²) in [4.78, 5) is 5.68. The molecule has 1 heterocycles. The van der Waals surface area contributed by atoms with Crippen molar-refractivity contribution >= 4 is 11.3 Å². The minimum Gasteiger partial charge on any atom is -0.304 e. The zero-order chi connectivity index (χ0) is 13.1. The van der Waals surface area contributed by atoms with Crippen molar-refractivity contribution in [1.82, 2.24) is 10.3 Å². The van der Waals surface area contributed by atoms with Crippen molar-refractivity contribution in [3.63, 3.8) is 0 Å². The molecular weight excluding hydrogens is 240 g/mol. The first-order valence-corrected chi connectivity index (χ1v) is 7.10. The first-order chi connectivity index (χ1) is 8.56. The Hall–Kier alpha value is -1.19. The number of benzene rings is 1. The van der Waals surface area contributed by atoms with E-state index in [0.717, 1.165) is 11.6 Å². The summed E-state index contributed by atoms with van der Waals surface area (Å²) < 4.78 is 0. The van der Waals surface area contributed by atoms with E-state index >= 15 is 0 Å². The Bertz CT molecular complexity index is 531. The summed E-state index contributed by atoms with van der Waals surface area (Å²) in [5, 5.41) is 4.69. The molecule has 1 N–H and O–H groups in total. The highest BCUT2D eigenvalue weighted by Crippen LogP contribution is 2.19. The Balaban J connectivity index is 1.97. The maximum atomic E-state index is 4.42. The molecule has 18 heavy (non-hydrogen) atoms. The smallest absolute Gasteiger partial charge is 0.109 e. The number of nitrogens with one attached hydrogen (secondary N) is 1. The van der Waals surface area contributed by atoms with Crippen molar-refractivity contribution in [3.8, 4) is 0 Å². The van der Waals surface area contributed by atoms with Crippen LogP contribution in [0.3, 0.4) is 0 Å². The summed E-state index contributed by atoms with van der Waals surface area (Å²) in [6.45, 7) is 9.46. The van der Waals surface area contributed by atoms with Gasteiger partial charge in [-0.3, -0.25) is 0 Å². The van der Waals surface area contributed by atoms with Crippen LogP contribution in [0, 0.1) is 20.8 Å². The summed E-state index contributed by atoms with van der Waals surface area (Å²) in [6.07, 6.45) is 1.94. The molecule has 0 saturated carbocycles. The van der Waals surface area contributed by atoms with Gasteiger partial charge in [0.25, 0.3) is 0 Å². The fourth-order valence-electron chi connectivity index (χ4n) is 1.84. The predicted molar refractivity (Wildman–Crippen MR) is 78.0 cm³/mol. The molecule has 1 atom stereocenters. The average Bonchev–Trinajstić information content (AvgIpc) is 2.77. The third-order valence-corrected chi connectivity index (χ3v) is 4.29. The lowest BCUT2D eigenvalue weighted by molar-refractivity contribution is 0.571. The van der Waals surface area contributed by atoms with E-state index in [4.69, 9.17) is 0 Å². The number of aryl methyl sites for hydroxylation is 3. The molecule has 2 nitrogen and oxygen atoms in total. The number of rotatable bonds is 4. The molecule has 1 unspecified atom stereocenters. The van der Waals surface area contributed by atoms with Gasteiger partial charge in [-0.05, 0) is 44.4 Å². The SMILES string of the molecule is Cc1cnc(C(C)NCc2ccc(C)c(C)c2)s1. The van der Waals surface area contributed by atoms with Crippen molar-refractivity contribution in [2.45, 2.75) is 40.3 Å². The Morgan fingerprint density at radius 3 is 2.61 bits per heavy atom. The van der Waals surface area contributed by atoms with Crippen LogP contribution in [0.2, 0.25) is 0 Å². The molecule has 0 saturated heterocycles. The molecule has 0 aliphatic heterocycles. The van der Waals surface area contributed by atoms with E-state index in [-0.39, 0.29) is 0 Å². The lowest BCUT2D eigenvalue weighted by atomic mass is 10.1. The van der Waals surface area contributed by atoms with Crippen LogP contribution in [-0.4, -0.2) is 4.98 Å². The third kappa shape index (κ3) is 3.18. The Morgan fingerprint density at radius 2 is 2.00 bits per heavy atom. The molecule has 0 spiro atoms. The summed E-state index contributed by atoms with van der Waals surface area (Å²) in [7, 11) is 0. The fraction of sp³-hybridized carbons (Fsp3) is 0.400. The van der Waals surface area contributed by atoms with Crippen LogP contribution in [0.15, 0.2) is 24.4 Å². The van der Waals surface area contributed by atoms with Gasteiger partial charge in [-0.25, -0.2) is 4.98 Å². The van der Waals surface area contributed by atoms with E-state index in [0.29, 0.717) is 6.04 Å². The second-order valence-corrected chi connectivity index (χ2v) is 6.10. The number of thiazole rings is 1. The topological polar surface area (TPSA) is 24.9 Å². The molecule has 1 aromatic heterocycles. The number of aromatic nitrogens is 1. The van der Waals surface area contributed by atoms with Crippen LogP contribution in [0.4, 0.5) is 0 Å². The molecule has 0 fully saturated rings. The molecule has 0 amide bonds. The van der Waals surface area contributed by atoms with E-state index in [9.17, 15) is 0 Å². The first-order valence-electron chi connectivity index (χ1n) is 6.28. The third-order valence-electron chi connectivity index (χ3n) is 3.19. The first kappa shape index (κ1) is 13.2. The van der Waals surface area contributed by atoms with Gasteiger partial charge in [0.05, 0.1) is 6.04 Å². The molecule has 3 heteroatoms. The molecule has 0 aliphatic rings.